The number of carbonyl (C=O) groups excluding carboxylic acids is 2. The quantitative estimate of drug-likeness (QED) is 0.562. The number of nitrogens with zero attached hydrogens (tertiary/aromatic N) is 2. The second kappa shape index (κ2) is 10.7. The summed E-state index contributed by atoms with van der Waals surface area (Å²) < 4.78 is 5.12. The molecule has 1 aliphatic rings. The zero-order valence-corrected chi connectivity index (χ0v) is 21.1. The van der Waals surface area contributed by atoms with Crippen LogP contribution in [-0.2, 0) is 25.5 Å². The molecule has 184 valence electrons. The van der Waals surface area contributed by atoms with Crippen molar-refractivity contribution < 1.29 is 24.2 Å². The lowest BCUT2D eigenvalue weighted by Gasteiger charge is -2.39. The van der Waals surface area contributed by atoms with E-state index in [1.807, 2.05) is 35.2 Å². The molecule has 33 heavy (non-hydrogen) atoms. The van der Waals surface area contributed by atoms with Gasteiger partial charge in [-0.15, -0.1) is 0 Å². The molecule has 1 aliphatic heterocycles. The normalized spacial score (nSPS) is 20.7. The van der Waals surface area contributed by atoms with Crippen LogP contribution in [0.3, 0.4) is 0 Å². The lowest BCUT2D eigenvalue weighted by atomic mass is 9.88. The van der Waals surface area contributed by atoms with Crippen molar-refractivity contribution >= 4 is 17.8 Å². The first-order valence-corrected chi connectivity index (χ1v) is 11.6. The maximum atomic E-state index is 13.7. The standard InChI is InChI=1S/C26H40N2O5/c1-25(2,3)13-14-27-19(16-22(29)30)23(31)28(21(27)17-26(4,5)6)20(24(32)33-7)15-18-11-9-8-10-12-18/h8-12,19-21H,13-17H2,1-7H3,(H,29,30)/t19-,20-,21-/m0/s1. The SMILES string of the molecule is COC(=O)[C@H](Cc1ccccc1)N1C(=O)[C@H](CC(=O)O)N(CCC(C)(C)C)[C@@H]1CC(C)(C)C. The first-order chi connectivity index (χ1) is 15.2. The molecule has 7 heteroatoms. The fourth-order valence-electron chi connectivity index (χ4n) is 4.36. The molecule has 1 saturated heterocycles. The van der Waals surface area contributed by atoms with Gasteiger partial charge in [0.1, 0.15) is 12.1 Å². The summed E-state index contributed by atoms with van der Waals surface area (Å²) >= 11 is 0. The second-order valence-corrected chi connectivity index (χ2v) is 11.4. The van der Waals surface area contributed by atoms with Gasteiger partial charge in [0.15, 0.2) is 0 Å². The summed E-state index contributed by atoms with van der Waals surface area (Å²) in [5.41, 5.74) is 0.787. The molecule has 1 aromatic rings. The van der Waals surface area contributed by atoms with Crippen LogP contribution in [0.4, 0.5) is 0 Å². The van der Waals surface area contributed by atoms with Crippen LogP contribution in [0.1, 0.15) is 66.4 Å². The predicted octanol–water partition coefficient (Wildman–Crippen LogP) is 3.96. The number of carboxylic acids is 1. The van der Waals surface area contributed by atoms with Gasteiger partial charge in [0.25, 0.3) is 0 Å². The van der Waals surface area contributed by atoms with Gasteiger partial charge in [-0.25, -0.2) is 4.79 Å². The van der Waals surface area contributed by atoms with E-state index in [9.17, 15) is 19.5 Å². The van der Waals surface area contributed by atoms with Crippen LogP contribution in [0.2, 0.25) is 0 Å². The number of carboxylic acid groups (broad SMARTS) is 1. The Kier molecular flexibility index (Phi) is 8.69. The Labute approximate surface area is 198 Å². The average molecular weight is 461 g/mol. The van der Waals surface area contributed by atoms with Crippen LogP contribution >= 0.6 is 0 Å². The molecule has 1 fully saturated rings. The summed E-state index contributed by atoms with van der Waals surface area (Å²) in [5, 5.41) is 9.58. The fourth-order valence-corrected chi connectivity index (χ4v) is 4.36. The summed E-state index contributed by atoms with van der Waals surface area (Å²) in [4.78, 5) is 42.0. The molecule has 3 atom stereocenters. The van der Waals surface area contributed by atoms with Gasteiger partial charge in [-0.3, -0.25) is 14.5 Å². The highest BCUT2D eigenvalue weighted by Crippen LogP contribution is 2.36. The number of benzene rings is 1. The first kappa shape index (κ1) is 26.8. The number of esters is 1. The summed E-state index contributed by atoms with van der Waals surface area (Å²) in [6, 6.07) is 7.89. The average Bonchev–Trinajstić information content (AvgIpc) is 2.93. The molecule has 7 nitrogen and oxygen atoms in total. The number of rotatable bonds is 9. The topological polar surface area (TPSA) is 87.1 Å². The number of aliphatic carboxylic acids is 1. The van der Waals surface area contributed by atoms with E-state index in [0.717, 1.165) is 12.0 Å². The van der Waals surface area contributed by atoms with E-state index < -0.39 is 30.2 Å². The van der Waals surface area contributed by atoms with Crippen LogP contribution in [0.25, 0.3) is 0 Å². The van der Waals surface area contributed by atoms with Gasteiger partial charge >= 0.3 is 11.9 Å². The van der Waals surface area contributed by atoms with Gasteiger partial charge in [-0.05, 0) is 29.2 Å². The minimum Gasteiger partial charge on any atom is -0.481 e. The zero-order chi connectivity index (χ0) is 25.0. The molecule has 1 N–H and O–H groups in total. The number of hydrogen-bond donors (Lipinski definition) is 1. The van der Waals surface area contributed by atoms with Crippen molar-refractivity contribution in [3.8, 4) is 0 Å². The highest BCUT2D eigenvalue weighted by molar-refractivity contribution is 5.92. The Hall–Kier alpha value is -2.41. The van der Waals surface area contributed by atoms with Crippen molar-refractivity contribution in [2.75, 3.05) is 13.7 Å². The van der Waals surface area contributed by atoms with Gasteiger partial charge < -0.3 is 14.7 Å². The Morgan fingerprint density at radius 2 is 1.67 bits per heavy atom. The van der Waals surface area contributed by atoms with Crippen LogP contribution in [0.5, 0.6) is 0 Å². The smallest absolute Gasteiger partial charge is 0.328 e. The molecule has 2 rings (SSSR count). The van der Waals surface area contributed by atoms with Crippen molar-refractivity contribution in [1.82, 2.24) is 9.80 Å². The fraction of sp³-hybridized carbons (Fsp3) is 0.654. The molecule has 0 radical (unpaired) electrons. The Morgan fingerprint density at radius 1 is 1.06 bits per heavy atom. The molecule has 0 unspecified atom stereocenters. The third kappa shape index (κ3) is 7.56. The number of ether oxygens (including phenoxy) is 1. The van der Waals surface area contributed by atoms with Crippen LogP contribution < -0.4 is 0 Å². The van der Waals surface area contributed by atoms with Crippen LogP contribution in [-0.4, -0.2) is 64.7 Å². The van der Waals surface area contributed by atoms with Gasteiger partial charge in [0, 0.05) is 13.0 Å². The number of amides is 1. The molecular weight excluding hydrogens is 420 g/mol. The van der Waals surface area contributed by atoms with E-state index in [4.69, 9.17) is 4.74 Å². The minimum atomic E-state index is -1.02. The molecule has 0 spiro atoms. The van der Waals surface area contributed by atoms with Crippen LogP contribution in [0.15, 0.2) is 30.3 Å². The van der Waals surface area contributed by atoms with Crippen molar-refractivity contribution in [3.05, 3.63) is 35.9 Å². The summed E-state index contributed by atoms with van der Waals surface area (Å²) in [6.07, 6.45) is 1.04. The van der Waals surface area contributed by atoms with Gasteiger partial charge in [0.05, 0.1) is 19.7 Å². The third-order valence-corrected chi connectivity index (χ3v) is 6.01. The van der Waals surface area contributed by atoms with E-state index in [1.54, 1.807) is 4.90 Å². The summed E-state index contributed by atoms with van der Waals surface area (Å²) in [7, 11) is 1.33. The molecular formula is C26H40N2O5. The largest absolute Gasteiger partial charge is 0.481 e. The molecule has 0 aromatic heterocycles. The van der Waals surface area contributed by atoms with Crippen LogP contribution in [0, 0.1) is 10.8 Å². The van der Waals surface area contributed by atoms with Gasteiger partial charge in [-0.1, -0.05) is 71.9 Å². The third-order valence-electron chi connectivity index (χ3n) is 6.01. The van der Waals surface area contributed by atoms with E-state index in [-0.39, 0.29) is 23.2 Å². The molecule has 0 saturated carbocycles. The Morgan fingerprint density at radius 3 is 2.15 bits per heavy atom. The maximum absolute atomic E-state index is 13.7. The van der Waals surface area contributed by atoms with Crippen molar-refractivity contribution in [2.24, 2.45) is 10.8 Å². The van der Waals surface area contributed by atoms with E-state index in [2.05, 4.69) is 41.5 Å². The molecule has 0 bridgehead atoms. The first-order valence-electron chi connectivity index (χ1n) is 11.6. The zero-order valence-electron chi connectivity index (χ0n) is 21.1. The summed E-state index contributed by atoms with van der Waals surface area (Å²) in [5.74, 6) is -1.83. The Balaban J connectivity index is 2.54. The lowest BCUT2D eigenvalue weighted by molar-refractivity contribution is -0.153. The maximum Gasteiger partial charge on any atom is 0.328 e. The summed E-state index contributed by atoms with van der Waals surface area (Å²) in [6.45, 7) is 13.2. The molecule has 1 amide bonds. The Bertz CT molecular complexity index is 825. The van der Waals surface area contributed by atoms with Crippen molar-refractivity contribution in [3.63, 3.8) is 0 Å². The highest BCUT2D eigenvalue weighted by Gasteiger charge is 2.51. The van der Waals surface area contributed by atoms with Crippen molar-refractivity contribution in [1.29, 1.82) is 0 Å². The number of methoxy groups -OCH3 is 1. The van der Waals surface area contributed by atoms with Gasteiger partial charge in [0.2, 0.25) is 5.91 Å². The monoisotopic (exact) mass is 460 g/mol. The van der Waals surface area contributed by atoms with E-state index in [0.29, 0.717) is 19.4 Å². The van der Waals surface area contributed by atoms with E-state index in [1.165, 1.54) is 7.11 Å². The number of hydrogen-bond acceptors (Lipinski definition) is 5. The molecule has 0 aliphatic carbocycles. The lowest BCUT2D eigenvalue weighted by Crippen LogP contribution is -2.52. The second-order valence-electron chi connectivity index (χ2n) is 11.4. The number of carbonyl (C=O) groups is 3. The molecule has 1 aromatic carbocycles. The molecule has 1 heterocycles. The van der Waals surface area contributed by atoms with Gasteiger partial charge in [-0.2, -0.15) is 0 Å². The minimum absolute atomic E-state index is 0.0162. The highest BCUT2D eigenvalue weighted by atomic mass is 16.5. The predicted molar refractivity (Wildman–Crippen MR) is 127 cm³/mol. The van der Waals surface area contributed by atoms with Crippen molar-refractivity contribution in [2.45, 2.75) is 85.5 Å². The van der Waals surface area contributed by atoms with E-state index >= 15 is 0 Å².